The molecule has 1 aromatic heterocycles. The van der Waals surface area contributed by atoms with E-state index in [1.54, 1.807) is 7.05 Å². The van der Waals surface area contributed by atoms with Gasteiger partial charge in [0.15, 0.2) is 0 Å². The molecule has 20 heavy (non-hydrogen) atoms. The van der Waals surface area contributed by atoms with Gasteiger partial charge in [-0.15, -0.1) is 0 Å². The molecule has 106 valence electrons. The first-order chi connectivity index (χ1) is 9.29. The highest BCUT2D eigenvalue weighted by Gasteiger charge is 2.18. The Bertz CT molecular complexity index is 770. The van der Waals surface area contributed by atoms with Crippen LogP contribution in [0.15, 0.2) is 35.5 Å². The zero-order valence-electron chi connectivity index (χ0n) is 10.2. The third-order valence-electron chi connectivity index (χ3n) is 2.44. The number of halogens is 1. The van der Waals surface area contributed by atoms with Crippen LogP contribution in [0, 0.1) is 5.82 Å². The Morgan fingerprint density at radius 1 is 1.45 bits per heavy atom. The van der Waals surface area contributed by atoms with Crippen molar-refractivity contribution in [2.24, 2.45) is 7.05 Å². The molecule has 0 radical (unpaired) electrons. The van der Waals surface area contributed by atoms with Gasteiger partial charge in [0.25, 0.3) is 10.0 Å². The minimum Gasteiger partial charge on any atom is -0.478 e. The number of nitrogens with one attached hydrogen (secondary N) is 1. The maximum atomic E-state index is 13.5. The normalized spacial score (nSPS) is 11.3. The Balaban J connectivity index is 2.30. The molecule has 0 fully saturated rings. The van der Waals surface area contributed by atoms with E-state index < -0.39 is 27.4 Å². The van der Waals surface area contributed by atoms with Gasteiger partial charge in [0.2, 0.25) is 0 Å². The summed E-state index contributed by atoms with van der Waals surface area (Å²) in [7, 11) is -2.33. The summed E-state index contributed by atoms with van der Waals surface area (Å²) in [5, 5.41) is 12.4. The van der Waals surface area contributed by atoms with Gasteiger partial charge in [0, 0.05) is 13.2 Å². The summed E-state index contributed by atoms with van der Waals surface area (Å²) < 4.78 is 40.8. The third-order valence-corrected chi connectivity index (χ3v) is 3.78. The van der Waals surface area contributed by atoms with Gasteiger partial charge < -0.3 is 5.11 Å². The third kappa shape index (κ3) is 2.77. The van der Waals surface area contributed by atoms with Crippen LogP contribution in [0.3, 0.4) is 0 Å². The van der Waals surface area contributed by atoms with E-state index in [1.807, 2.05) is 0 Å². The SMILES string of the molecule is Cn1cc(S(=O)(=O)Nc2ccc(C(=O)O)c(F)c2)cn1. The fourth-order valence-corrected chi connectivity index (χ4v) is 2.54. The van der Waals surface area contributed by atoms with Crippen molar-refractivity contribution in [1.29, 1.82) is 0 Å². The van der Waals surface area contributed by atoms with Crippen molar-refractivity contribution in [3.8, 4) is 0 Å². The zero-order valence-corrected chi connectivity index (χ0v) is 11.1. The number of hydrogen-bond acceptors (Lipinski definition) is 4. The fourth-order valence-electron chi connectivity index (χ4n) is 1.50. The summed E-state index contributed by atoms with van der Waals surface area (Å²) in [6.07, 6.45) is 2.43. The molecule has 0 saturated carbocycles. The van der Waals surface area contributed by atoms with Gasteiger partial charge in [-0.1, -0.05) is 0 Å². The van der Waals surface area contributed by atoms with E-state index in [-0.39, 0.29) is 10.6 Å². The molecule has 0 aliphatic heterocycles. The van der Waals surface area contributed by atoms with Gasteiger partial charge in [-0.2, -0.15) is 5.10 Å². The number of benzene rings is 1. The molecule has 0 aliphatic carbocycles. The van der Waals surface area contributed by atoms with Crippen LogP contribution in [0.1, 0.15) is 10.4 Å². The van der Waals surface area contributed by atoms with Crippen LogP contribution in [-0.4, -0.2) is 29.3 Å². The molecule has 0 spiro atoms. The number of anilines is 1. The number of carboxylic acids is 1. The van der Waals surface area contributed by atoms with E-state index in [9.17, 15) is 17.6 Å². The fraction of sp³-hybridized carbons (Fsp3) is 0.0909. The van der Waals surface area contributed by atoms with E-state index in [4.69, 9.17) is 5.11 Å². The topological polar surface area (TPSA) is 101 Å². The smallest absolute Gasteiger partial charge is 0.338 e. The van der Waals surface area contributed by atoms with Crippen LogP contribution in [0.5, 0.6) is 0 Å². The van der Waals surface area contributed by atoms with Crippen molar-refractivity contribution >= 4 is 21.7 Å². The van der Waals surface area contributed by atoms with Gasteiger partial charge in [0.05, 0.1) is 17.4 Å². The number of carboxylic acid groups (broad SMARTS) is 1. The van der Waals surface area contributed by atoms with Crippen LogP contribution < -0.4 is 4.72 Å². The van der Waals surface area contributed by atoms with E-state index in [0.717, 1.165) is 18.3 Å². The molecule has 0 atom stereocenters. The molecule has 2 rings (SSSR count). The Kier molecular flexibility index (Phi) is 3.45. The monoisotopic (exact) mass is 299 g/mol. The molecule has 7 nitrogen and oxygen atoms in total. The van der Waals surface area contributed by atoms with Crippen molar-refractivity contribution in [3.05, 3.63) is 42.0 Å². The molecule has 0 bridgehead atoms. The van der Waals surface area contributed by atoms with E-state index in [0.29, 0.717) is 0 Å². The highest BCUT2D eigenvalue weighted by atomic mass is 32.2. The van der Waals surface area contributed by atoms with Gasteiger partial charge >= 0.3 is 5.97 Å². The number of aromatic nitrogens is 2. The highest BCUT2D eigenvalue weighted by molar-refractivity contribution is 7.92. The lowest BCUT2D eigenvalue weighted by Gasteiger charge is -2.07. The van der Waals surface area contributed by atoms with Crippen LogP contribution in [0.4, 0.5) is 10.1 Å². The van der Waals surface area contributed by atoms with Gasteiger partial charge in [-0.05, 0) is 18.2 Å². The molecule has 1 aromatic carbocycles. The number of nitrogens with zero attached hydrogens (tertiary/aromatic N) is 2. The average molecular weight is 299 g/mol. The summed E-state index contributed by atoms with van der Waals surface area (Å²) in [5.74, 6) is -2.45. The van der Waals surface area contributed by atoms with Crippen LogP contribution in [0.2, 0.25) is 0 Å². The van der Waals surface area contributed by atoms with E-state index in [1.165, 1.54) is 16.9 Å². The van der Waals surface area contributed by atoms with Crippen molar-refractivity contribution in [2.45, 2.75) is 4.90 Å². The van der Waals surface area contributed by atoms with Crippen molar-refractivity contribution in [1.82, 2.24) is 9.78 Å². The Labute approximate surface area is 113 Å². The first-order valence-corrected chi connectivity index (χ1v) is 6.82. The lowest BCUT2D eigenvalue weighted by atomic mass is 10.2. The maximum Gasteiger partial charge on any atom is 0.338 e. The van der Waals surface area contributed by atoms with Crippen LogP contribution in [0.25, 0.3) is 0 Å². The molecule has 0 saturated heterocycles. The quantitative estimate of drug-likeness (QED) is 0.879. The maximum absolute atomic E-state index is 13.5. The van der Waals surface area contributed by atoms with Crippen molar-refractivity contribution in [3.63, 3.8) is 0 Å². The molecule has 2 N–H and O–H groups in total. The number of rotatable bonds is 4. The molecular formula is C11H10FN3O4S. The summed E-state index contributed by atoms with van der Waals surface area (Å²) in [6, 6.07) is 2.95. The molecule has 1 heterocycles. The summed E-state index contributed by atoms with van der Waals surface area (Å²) >= 11 is 0. The van der Waals surface area contributed by atoms with Crippen LogP contribution >= 0.6 is 0 Å². The highest BCUT2D eigenvalue weighted by Crippen LogP contribution is 2.18. The number of carbonyl (C=O) groups is 1. The molecule has 0 unspecified atom stereocenters. The Hall–Kier alpha value is -2.42. The molecule has 2 aromatic rings. The minimum absolute atomic E-state index is 0.0728. The van der Waals surface area contributed by atoms with E-state index in [2.05, 4.69) is 9.82 Å². The number of sulfonamides is 1. The average Bonchev–Trinajstić information content (AvgIpc) is 2.75. The molecule has 0 aliphatic rings. The van der Waals surface area contributed by atoms with Crippen molar-refractivity contribution in [2.75, 3.05) is 4.72 Å². The lowest BCUT2D eigenvalue weighted by molar-refractivity contribution is 0.0692. The molecule has 0 amide bonds. The second-order valence-corrected chi connectivity index (χ2v) is 5.64. The molecule has 9 heteroatoms. The second kappa shape index (κ2) is 4.93. The predicted molar refractivity (Wildman–Crippen MR) is 67.4 cm³/mol. The Morgan fingerprint density at radius 3 is 2.65 bits per heavy atom. The minimum atomic E-state index is -3.89. The van der Waals surface area contributed by atoms with Crippen LogP contribution in [-0.2, 0) is 17.1 Å². The zero-order chi connectivity index (χ0) is 14.9. The second-order valence-electron chi connectivity index (χ2n) is 3.95. The molecular weight excluding hydrogens is 289 g/mol. The largest absolute Gasteiger partial charge is 0.478 e. The standard InChI is InChI=1S/C11H10FN3O4S/c1-15-6-8(5-13-15)20(18,19)14-7-2-3-9(11(16)17)10(12)4-7/h2-6,14H,1H3,(H,16,17). The summed E-state index contributed by atoms with van der Waals surface area (Å²) in [6.45, 7) is 0. The number of aromatic carboxylic acids is 1. The van der Waals surface area contributed by atoms with E-state index >= 15 is 0 Å². The number of aryl methyl sites for hydroxylation is 1. The van der Waals surface area contributed by atoms with Gasteiger partial charge in [-0.3, -0.25) is 9.40 Å². The van der Waals surface area contributed by atoms with Gasteiger partial charge in [0.1, 0.15) is 10.7 Å². The first-order valence-electron chi connectivity index (χ1n) is 5.34. The van der Waals surface area contributed by atoms with Gasteiger partial charge in [-0.25, -0.2) is 17.6 Å². The lowest BCUT2D eigenvalue weighted by Crippen LogP contribution is -2.13. The Morgan fingerprint density at radius 2 is 2.15 bits per heavy atom. The summed E-state index contributed by atoms with van der Waals surface area (Å²) in [4.78, 5) is 10.6. The first kappa shape index (κ1) is 14.0. The summed E-state index contributed by atoms with van der Waals surface area (Å²) in [5.41, 5.74) is -0.606. The predicted octanol–water partition coefficient (Wildman–Crippen LogP) is 1.06. The number of hydrogen-bond donors (Lipinski definition) is 2. The van der Waals surface area contributed by atoms with Crippen molar-refractivity contribution < 1.29 is 22.7 Å².